The van der Waals surface area contributed by atoms with Crippen LogP contribution in [0.4, 0.5) is 0 Å². The van der Waals surface area contributed by atoms with Crippen LogP contribution in [-0.2, 0) is 10.5 Å². The van der Waals surface area contributed by atoms with Gasteiger partial charge in [-0.1, -0.05) is 55.5 Å². The summed E-state index contributed by atoms with van der Waals surface area (Å²) in [7, 11) is 0. The molecule has 2 nitrogen and oxygen atoms in total. The van der Waals surface area contributed by atoms with Crippen molar-refractivity contribution in [1.29, 1.82) is 0 Å². The minimum Gasteiger partial charge on any atom is -0.349 e. The van der Waals surface area contributed by atoms with Gasteiger partial charge in [0.05, 0.1) is 11.8 Å². The molecule has 0 bridgehead atoms. The Bertz CT molecular complexity index is 639. The predicted molar refractivity (Wildman–Crippen MR) is 99.7 cm³/mol. The highest BCUT2D eigenvalue weighted by molar-refractivity contribution is 7.99. The normalized spacial score (nSPS) is 12.0. The summed E-state index contributed by atoms with van der Waals surface area (Å²) in [4.78, 5) is 12.2. The Balaban J connectivity index is 1.85. The van der Waals surface area contributed by atoms with Crippen molar-refractivity contribution in [1.82, 2.24) is 5.32 Å². The molecule has 0 spiro atoms. The number of benzene rings is 2. The van der Waals surface area contributed by atoms with E-state index in [2.05, 4.69) is 56.4 Å². The topological polar surface area (TPSA) is 29.1 Å². The van der Waals surface area contributed by atoms with Crippen molar-refractivity contribution in [2.75, 3.05) is 5.75 Å². The average molecular weight is 327 g/mol. The van der Waals surface area contributed by atoms with Crippen LogP contribution < -0.4 is 5.32 Å². The van der Waals surface area contributed by atoms with Gasteiger partial charge in [0, 0.05) is 5.75 Å². The van der Waals surface area contributed by atoms with Crippen LogP contribution in [0.2, 0.25) is 0 Å². The Kier molecular flexibility index (Phi) is 6.72. The molecular formula is C20H25NOS. The fraction of sp³-hybridized carbons (Fsp3) is 0.350. The molecule has 2 rings (SSSR count). The number of hydrogen-bond donors (Lipinski definition) is 1. The highest BCUT2D eigenvalue weighted by atomic mass is 32.2. The number of carbonyl (C=O) groups is 1. The van der Waals surface area contributed by atoms with E-state index in [0.29, 0.717) is 5.75 Å². The van der Waals surface area contributed by atoms with Crippen molar-refractivity contribution < 1.29 is 4.79 Å². The molecule has 0 aliphatic carbocycles. The molecule has 1 N–H and O–H groups in total. The second-order valence-corrected chi connectivity index (χ2v) is 6.84. The molecule has 0 saturated heterocycles. The van der Waals surface area contributed by atoms with Crippen LogP contribution >= 0.6 is 11.8 Å². The van der Waals surface area contributed by atoms with Gasteiger partial charge in [0.2, 0.25) is 5.91 Å². The lowest BCUT2D eigenvalue weighted by atomic mass is 9.99. The zero-order valence-corrected chi connectivity index (χ0v) is 15.0. The predicted octanol–water partition coefficient (Wildman–Crippen LogP) is 4.80. The van der Waals surface area contributed by atoms with Crippen LogP contribution in [0.3, 0.4) is 0 Å². The van der Waals surface area contributed by atoms with Gasteiger partial charge in [0.25, 0.3) is 0 Å². The van der Waals surface area contributed by atoms with E-state index in [1.165, 1.54) is 22.3 Å². The summed E-state index contributed by atoms with van der Waals surface area (Å²) >= 11 is 1.66. The maximum absolute atomic E-state index is 12.2. The highest BCUT2D eigenvalue weighted by Crippen LogP contribution is 2.20. The second kappa shape index (κ2) is 8.78. The van der Waals surface area contributed by atoms with Crippen LogP contribution in [0, 0.1) is 13.8 Å². The third-order valence-corrected chi connectivity index (χ3v) is 5.03. The fourth-order valence-electron chi connectivity index (χ4n) is 2.47. The molecule has 0 saturated carbocycles. The number of thioether (sulfide) groups is 1. The van der Waals surface area contributed by atoms with Crippen LogP contribution in [0.5, 0.6) is 0 Å². The third kappa shape index (κ3) is 5.43. The van der Waals surface area contributed by atoms with E-state index >= 15 is 0 Å². The summed E-state index contributed by atoms with van der Waals surface area (Å²) in [6.07, 6.45) is 0.900. The largest absolute Gasteiger partial charge is 0.349 e. The molecule has 0 unspecified atom stereocenters. The molecule has 23 heavy (non-hydrogen) atoms. The first-order valence-electron chi connectivity index (χ1n) is 8.08. The first-order valence-corrected chi connectivity index (χ1v) is 9.23. The third-order valence-electron chi connectivity index (χ3n) is 4.02. The highest BCUT2D eigenvalue weighted by Gasteiger charge is 2.13. The molecule has 2 aromatic carbocycles. The SMILES string of the molecule is CC[C@H](NC(=O)CSCc1ccccc1)c1ccc(C)c(C)c1. The summed E-state index contributed by atoms with van der Waals surface area (Å²) < 4.78 is 0. The van der Waals surface area contributed by atoms with Crippen LogP contribution in [0.15, 0.2) is 48.5 Å². The van der Waals surface area contributed by atoms with Gasteiger partial charge in [0.15, 0.2) is 0 Å². The van der Waals surface area contributed by atoms with Gasteiger partial charge in [0.1, 0.15) is 0 Å². The number of aryl methyl sites for hydroxylation is 2. The Morgan fingerprint density at radius 2 is 1.83 bits per heavy atom. The van der Waals surface area contributed by atoms with Crippen LogP contribution in [0.25, 0.3) is 0 Å². The molecule has 0 radical (unpaired) electrons. The molecule has 0 fully saturated rings. The number of hydrogen-bond acceptors (Lipinski definition) is 2. The van der Waals surface area contributed by atoms with Gasteiger partial charge in [-0.2, -0.15) is 0 Å². The maximum Gasteiger partial charge on any atom is 0.230 e. The monoisotopic (exact) mass is 327 g/mol. The summed E-state index contributed by atoms with van der Waals surface area (Å²) in [5.74, 6) is 1.47. The molecule has 0 aromatic heterocycles. The summed E-state index contributed by atoms with van der Waals surface area (Å²) in [6.45, 7) is 6.33. The van der Waals surface area contributed by atoms with Crippen molar-refractivity contribution >= 4 is 17.7 Å². The smallest absolute Gasteiger partial charge is 0.230 e. The molecular weight excluding hydrogens is 302 g/mol. The Labute approximate surface area is 143 Å². The lowest BCUT2D eigenvalue weighted by Gasteiger charge is -2.18. The Morgan fingerprint density at radius 1 is 1.09 bits per heavy atom. The number of carbonyl (C=O) groups excluding carboxylic acids is 1. The van der Waals surface area contributed by atoms with Crippen molar-refractivity contribution in [3.05, 3.63) is 70.8 Å². The molecule has 3 heteroatoms. The Morgan fingerprint density at radius 3 is 2.48 bits per heavy atom. The van der Waals surface area contributed by atoms with E-state index in [-0.39, 0.29) is 11.9 Å². The minimum absolute atomic E-state index is 0.0964. The molecule has 122 valence electrons. The first kappa shape index (κ1) is 17.6. The van der Waals surface area contributed by atoms with Gasteiger partial charge in [-0.3, -0.25) is 4.79 Å². The molecule has 1 amide bonds. The van der Waals surface area contributed by atoms with Gasteiger partial charge in [-0.15, -0.1) is 11.8 Å². The lowest BCUT2D eigenvalue weighted by molar-refractivity contribution is -0.119. The number of nitrogens with one attached hydrogen (secondary N) is 1. The van der Waals surface area contributed by atoms with Crippen molar-refractivity contribution in [2.45, 2.75) is 39.0 Å². The summed E-state index contributed by atoms with van der Waals surface area (Å²) in [5, 5.41) is 3.16. The van der Waals surface area contributed by atoms with Gasteiger partial charge >= 0.3 is 0 Å². The van der Waals surface area contributed by atoms with Crippen LogP contribution in [0.1, 0.15) is 41.6 Å². The van der Waals surface area contributed by atoms with Crippen molar-refractivity contribution in [3.63, 3.8) is 0 Å². The van der Waals surface area contributed by atoms with E-state index in [4.69, 9.17) is 0 Å². The van der Waals surface area contributed by atoms with Gasteiger partial charge in [-0.05, 0) is 42.5 Å². The summed E-state index contributed by atoms with van der Waals surface area (Å²) in [5.41, 5.74) is 5.01. The molecule has 0 heterocycles. The standard InChI is InChI=1S/C20H25NOS/c1-4-19(18-11-10-15(2)16(3)12-18)21-20(22)14-23-13-17-8-6-5-7-9-17/h5-12,19H,4,13-14H2,1-3H3,(H,21,22)/t19-/m0/s1. The Hall–Kier alpha value is -1.74. The molecule has 0 aliphatic rings. The van der Waals surface area contributed by atoms with Crippen molar-refractivity contribution in [2.24, 2.45) is 0 Å². The van der Waals surface area contributed by atoms with Crippen LogP contribution in [-0.4, -0.2) is 11.7 Å². The van der Waals surface area contributed by atoms with Gasteiger partial charge < -0.3 is 5.32 Å². The van der Waals surface area contributed by atoms with E-state index in [0.717, 1.165) is 12.2 Å². The average Bonchev–Trinajstić information content (AvgIpc) is 2.56. The van der Waals surface area contributed by atoms with Crippen molar-refractivity contribution in [3.8, 4) is 0 Å². The quantitative estimate of drug-likeness (QED) is 0.791. The fourth-order valence-corrected chi connectivity index (χ4v) is 3.27. The van der Waals surface area contributed by atoms with Gasteiger partial charge in [-0.25, -0.2) is 0 Å². The van der Waals surface area contributed by atoms with E-state index in [1.807, 2.05) is 18.2 Å². The van der Waals surface area contributed by atoms with E-state index in [9.17, 15) is 4.79 Å². The minimum atomic E-state index is 0.0964. The number of rotatable bonds is 7. The second-order valence-electron chi connectivity index (χ2n) is 5.85. The molecule has 2 aromatic rings. The first-order chi connectivity index (χ1) is 11.1. The molecule has 0 aliphatic heterocycles. The zero-order chi connectivity index (χ0) is 16.7. The maximum atomic E-state index is 12.2. The van der Waals surface area contributed by atoms with E-state index < -0.39 is 0 Å². The lowest BCUT2D eigenvalue weighted by Crippen LogP contribution is -2.29. The molecule has 1 atom stereocenters. The zero-order valence-electron chi connectivity index (χ0n) is 14.1. The van der Waals surface area contributed by atoms with E-state index in [1.54, 1.807) is 11.8 Å². The summed E-state index contributed by atoms with van der Waals surface area (Å²) in [6, 6.07) is 16.8. The number of amides is 1.